The van der Waals surface area contributed by atoms with E-state index < -0.39 is 26.5 Å². The minimum Gasteiger partial charge on any atom is -0.462 e. The molecule has 0 saturated carbocycles. The van der Waals surface area contributed by atoms with Crippen molar-refractivity contribution in [3.63, 3.8) is 0 Å². The quantitative estimate of drug-likeness (QED) is 0.0211. The van der Waals surface area contributed by atoms with Crippen LogP contribution in [0.25, 0.3) is 0 Å². The summed E-state index contributed by atoms with van der Waals surface area (Å²) in [6.07, 6.45) is 82.2. The van der Waals surface area contributed by atoms with Crippen molar-refractivity contribution in [1.29, 1.82) is 0 Å². The summed E-state index contributed by atoms with van der Waals surface area (Å²) >= 11 is 0. The minimum atomic E-state index is -4.39. The fraction of sp³-hybridized carbons (Fsp3) is 0.861. The number of esters is 2. The molecule has 0 fully saturated rings. The largest absolute Gasteiger partial charge is 0.472 e. The molecule has 482 valence electrons. The third-order valence-corrected chi connectivity index (χ3v) is 16.8. The molecule has 2 unspecified atom stereocenters. The zero-order valence-corrected chi connectivity index (χ0v) is 55.9. The van der Waals surface area contributed by atoms with Crippen LogP contribution in [0.2, 0.25) is 0 Å². The van der Waals surface area contributed by atoms with Crippen molar-refractivity contribution in [3.8, 4) is 0 Å². The van der Waals surface area contributed by atoms with Crippen molar-refractivity contribution in [2.45, 2.75) is 354 Å². The van der Waals surface area contributed by atoms with Gasteiger partial charge in [-0.2, -0.15) is 0 Å². The number of rotatable bonds is 66. The van der Waals surface area contributed by atoms with Gasteiger partial charge in [-0.1, -0.05) is 306 Å². The summed E-state index contributed by atoms with van der Waals surface area (Å²) in [6, 6.07) is 0. The molecule has 10 heteroatoms. The van der Waals surface area contributed by atoms with Crippen LogP contribution >= 0.6 is 7.82 Å². The van der Waals surface area contributed by atoms with E-state index in [2.05, 4.69) is 62.5 Å². The number of likely N-dealkylation sites (N-methyl/N-ethyl adjacent to an activating group) is 1. The minimum absolute atomic E-state index is 0.0334. The highest BCUT2D eigenvalue weighted by Crippen LogP contribution is 2.43. The van der Waals surface area contributed by atoms with Crippen LogP contribution in [-0.2, 0) is 32.7 Å². The Kier molecular flexibility index (Phi) is 61.9. The summed E-state index contributed by atoms with van der Waals surface area (Å²) in [5.74, 6) is -0.779. The summed E-state index contributed by atoms with van der Waals surface area (Å²) in [5.41, 5.74) is 0. The molecule has 0 aromatic heterocycles. The molecule has 0 aromatic carbocycles. The van der Waals surface area contributed by atoms with E-state index in [9.17, 15) is 19.0 Å². The van der Waals surface area contributed by atoms with Gasteiger partial charge in [-0.25, -0.2) is 4.57 Å². The van der Waals surface area contributed by atoms with E-state index in [1.807, 2.05) is 21.1 Å². The van der Waals surface area contributed by atoms with E-state index in [0.29, 0.717) is 23.9 Å². The number of carbonyl (C=O) groups excluding carboxylic acids is 2. The lowest BCUT2D eigenvalue weighted by atomic mass is 10.0. The third-order valence-electron chi connectivity index (χ3n) is 15.8. The summed E-state index contributed by atoms with van der Waals surface area (Å²) in [4.78, 5) is 35.9. The van der Waals surface area contributed by atoms with Gasteiger partial charge >= 0.3 is 19.8 Å². The maximum atomic E-state index is 12.9. The average Bonchev–Trinajstić information content (AvgIpc) is 3.46. The van der Waals surface area contributed by atoms with Gasteiger partial charge in [0.1, 0.15) is 19.8 Å². The molecule has 0 aliphatic heterocycles. The van der Waals surface area contributed by atoms with Crippen molar-refractivity contribution < 1.29 is 42.1 Å². The second-order valence-corrected chi connectivity index (χ2v) is 26.7. The Hall–Kier alpha value is -2.03. The predicted octanol–water partition coefficient (Wildman–Crippen LogP) is 22.8. The highest BCUT2D eigenvalue weighted by Gasteiger charge is 2.27. The molecule has 0 spiro atoms. The van der Waals surface area contributed by atoms with Gasteiger partial charge < -0.3 is 18.9 Å². The zero-order valence-electron chi connectivity index (χ0n) is 55.0. The van der Waals surface area contributed by atoms with Crippen molar-refractivity contribution in [2.24, 2.45) is 0 Å². The Morgan fingerprint density at radius 2 is 0.659 bits per heavy atom. The Morgan fingerprint density at radius 1 is 0.378 bits per heavy atom. The average molecular weight is 1180 g/mol. The number of unbranched alkanes of at least 4 members (excludes halogenated alkanes) is 44. The van der Waals surface area contributed by atoms with Crippen LogP contribution in [0.3, 0.4) is 0 Å². The smallest absolute Gasteiger partial charge is 0.462 e. The lowest BCUT2D eigenvalue weighted by Crippen LogP contribution is -2.37. The first kappa shape index (κ1) is 80.0. The SMILES string of the molecule is CCCCCCC/C=C\C/C=C\CCCCCCCCCCCCCCCCCCCCCC(=O)OC(COC(=O)CCCCCCCCCCCCCCCCC/C=C\C/C=C\CCCCCCC)COP(=O)(O)OCC[N+](C)(C)C. The van der Waals surface area contributed by atoms with Crippen molar-refractivity contribution >= 4 is 19.8 Å². The maximum absolute atomic E-state index is 12.9. The Labute approximate surface area is 509 Å². The third kappa shape index (κ3) is 67.1. The molecule has 1 N–H and O–H groups in total. The summed E-state index contributed by atoms with van der Waals surface area (Å²) < 4.78 is 34.7. The normalized spacial score (nSPS) is 13.4. The zero-order chi connectivity index (χ0) is 59.8. The summed E-state index contributed by atoms with van der Waals surface area (Å²) in [5, 5.41) is 0. The molecule has 9 nitrogen and oxygen atoms in total. The molecule has 0 aliphatic rings. The second-order valence-electron chi connectivity index (χ2n) is 25.3. The first-order valence-corrected chi connectivity index (χ1v) is 36.9. The number of hydrogen-bond acceptors (Lipinski definition) is 7. The highest BCUT2D eigenvalue weighted by atomic mass is 31.2. The Morgan fingerprint density at radius 3 is 0.963 bits per heavy atom. The van der Waals surface area contributed by atoms with E-state index in [1.165, 1.54) is 270 Å². The fourth-order valence-corrected chi connectivity index (χ4v) is 11.1. The summed E-state index contributed by atoms with van der Waals surface area (Å²) in [7, 11) is 1.49. The molecule has 0 heterocycles. The van der Waals surface area contributed by atoms with Gasteiger partial charge in [0.15, 0.2) is 6.10 Å². The van der Waals surface area contributed by atoms with Crippen LogP contribution in [0, 0.1) is 0 Å². The molecular formula is C72H137NO8P+. The maximum Gasteiger partial charge on any atom is 0.472 e. The highest BCUT2D eigenvalue weighted by molar-refractivity contribution is 7.47. The van der Waals surface area contributed by atoms with Gasteiger partial charge in [0.05, 0.1) is 27.7 Å². The van der Waals surface area contributed by atoms with E-state index in [-0.39, 0.29) is 25.6 Å². The first-order valence-electron chi connectivity index (χ1n) is 35.4. The molecule has 2 atom stereocenters. The van der Waals surface area contributed by atoms with Gasteiger partial charge in [0.2, 0.25) is 0 Å². The molecule has 0 bridgehead atoms. The van der Waals surface area contributed by atoms with Gasteiger partial charge in [0.25, 0.3) is 0 Å². The first-order chi connectivity index (χ1) is 40.0. The number of carbonyl (C=O) groups is 2. The van der Waals surface area contributed by atoms with Crippen LogP contribution < -0.4 is 0 Å². The lowest BCUT2D eigenvalue weighted by molar-refractivity contribution is -0.870. The molecule has 0 radical (unpaired) electrons. The number of nitrogens with zero attached hydrogens (tertiary/aromatic N) is 1. The van der Waals surface area contributed by atoms with E-state index in [4.69, 9.17) is 18.5 Å². The molecule has 0 aliphatic carbocycles. The van der Waals surface area contributed by atoms with Gasteiger partial charge in [-0.05, 0) is 77.0 Å². The van der Waals surface area contributed by atoms with Crippen LogP contribution in [0.1, 0.15) is 348 Å². The van der Waals surface area contributed by atoms with E-state index in [1.54, 1.807) is 0 Å². The number of phosphoric ester groups is 1. The van der Waals surface area contributed by atoms with Crippen molar-refractivity contribution in [2.75, 3.05) is 47.5 Å². The fourth-order valence-electron chi connectivity index (χ4n) is 10.4. The van der Waals surface area contributed by atoms with E-state index in [0.717, 1.165) is 44.9 Å². The van der Waals surface area contributed by atoms with Crippen LogP contribution in [-0.4, -0.2) is 74.9 Å². The van der Waals surface area contributed by atoms with E-state index >= 15 is 0 Å². The number of ether oxygens (including phenoxy) is 2. The van der Waals surface area contributed by atoms with Crippen LogP contribution in [0.15, 0.2) is 48.6 Å². The van der Waals surface area contributed by atoms with Crippen LogP contribution in [0.5, 0.6) is 0 Å². The molecule has 0 amide bonds. The Balaban J connectivity index is 4.01. The standard InChI is InChI=1S/C72H136NO8P/c1-6-8-10-12-14-16-18-20-22-24-26-28-30-32-34-35-36-37-39-41-43-45-47-49-51-53-55-57-59-61-63-65-72(75)81-70(69-80-82(76,77)79-67-66-73(3,4)5)68-78-71(74)64-62-60-58-56-54-52-50-48-46-44-42-40-38-33-31-29-27-25-23-21-19-17-15-13-11-9-7-2/h18-21,24-27,70H,6-17,22-23,28-69H2,1-5H3/p+1/b20-18-,21-19-,26-24-,27-25-. The molecule has 0 rings (SSSR count). The van der Waals surface area contributed by atoms with Gasteiger partial charge in [-0.15, -0.1) is 0 Å². The topological polar surface area (TPSA) is 108 Å². The lowest BCUT2D eigenvalue weighted by Gasteiger charge is -2.24. The number of allylic oxidation sites excluding steroid dienone is 8. The second kappa shape index (κ2) is 63.5. The van der Waals surface area contributed by atoms with Crippen molar-refractivity contribution in [3.05, 3.63) is 48.6 Å². The number of hydrogen-bond donors (Lipinski definition) is 1. The number of quaternary nitrogens is 1. The number of phosphoric acid groups is 1. The molecule has 0 aromatic rings. The van der Waals surface area contributed by atoms with Crippen LogP contribution in [0.4, 0.5) is 0 Å². The van der Waals surface area contributed by atoms with Crippen molar-refractivity contribution in [1.82, 2.24) is 0 Å². The molecular weight excluding hydrogens is 1040 g/mol. The molecule has 82 heavy (non-hydrogen) atoms. The summed E-state index contributed by atoms with van der Waals surface area (Å²) in [6.45, 7) is 4.47. The predicted molar refractivity (Wildman–Crippen MR) is 353 cm³/mol. The Bertz CT molecular complexity index is 1520. The van der Waals surface area contributed by atoms with Gasteiger partial charge in [-0.3, -0.25) is 18.6 Å². The monoisotopic (exact) mass is 1180 g/mol. The molecule has 0 saturated heterocycles. The van der Waals surface area contributed by atoms with Gasteiger partial charge in [0, 0.05) is 12.8 Å².